The summed E-state index contributed by atoms with van der Waals surface area (Å²) < 4.78 is 0. The van der Waals surface area contributed by atoms with Crippen LogP contribution in [-0.2, 0) is 14.4 Å². The first-order valence-electron chi connectivity index (χ1n) is 8.15. The van der Waals surface area contributed by atoms with Crippen molar-refractivity contribution in [2.75, 3.05) is 25.5 Å². The predicted molar refractivity (Wildman–Crippen MR) is 91.6 cm³/mol. The van der Waals surface area contributed by atoms with E-state index < -0.39 is 17.8 Å². The second kappa shape index (κ2) is 6.16. The fraction of sp³-hybridized carbons (Fsp3) is 0.333. The van der Waals surface area contributed by atoms with Gasteiger partial charge in [0.25, 0.3) is 17.7 Å². The zero-order valence-corrected chi connectivity index (χ0v) is 14.4. The van der Waals surface area contributed by atoms with Gasteiger partial charge >= 0.3 is 6.03 Å². The Kier molecular flexibility index (Phi) is 4.16. The maximum atomic E-state index is 13.0. The molecule has 0 bridgehead atoms. The topological polar surface area (TPSA) is 78.0 Å². The van der Waals surface area contributed by atoms with Crippen LogP contribution in [0.3, 0.4) is 0 Å². The first-order valence-corrected chi connectivity index (χ1v) is 8.15. The van der Waals surface area contributed by atoms with Crippen molar-refractivity contribution in [3.8, 4) is 0 Å². The summed E-state index contributed by atoms with van der Waals surface area (Å²) in [7, 11) is 2.60. The van der Waals surface area contributed by atoms with Crippen LogP contribution in [0.5, 0.6) is 0 Å². The van der Waals surface area contributed by atoms with Crippen molar-refractivity contribution < 1.29 is 19.2 Å². The lowest BCUT2D eigenvalue weighted by atomic mass is 9.98. The standard InChI is InChI=1S/C18H19N3O4/c1-4-5-10-21-12-9-7-6-8-11(12)13(17(21)24)14-15(22)19(2)18(25)20(3)16(14)23/h6-9H,4-5,10H2,1-3H3. The average Bonchev–Trinajstić information content (AvgIpc) is 2.89. The van der Waals surface area contributed by atoms with Crippen molar-refractivity contribution in [2.45, 2.75) is 19.8 Å². The van der Waals surface area contributed by atoms with E-state index >= 15 is 0 Å². The number of carbonyl (C=O) groups excluding carboxylic acids is 4. The number of imide groups is 2. The molecule has 0 atom stereocenters. The van der Waals surface area contributed by atoms with E-state index in [0.29, 0.717) is 17.8 Å². The Balaban J connectivity index is 2.20. The van der Waals surface area contributed by atoms with Crippen molar-refractivity contribution in [3.05, 3.63) is 35.4 Å². The summed E-state index contributed by atoms with van der Waals surface area (Å²) in [6.45, 7) is 2.53. The van der Waals surface area contributed by atoms with Crippen LogP contribution in [-0.4, -0.2) is 54.2 Å². The van der Waals surface area contributed by atoms with Crippen LogP contribution < -0.4 is 4.90 Å². The van der Waals surface area contributed by atoms with Crippen LogP contribution in [0.1, 0.15) is 25.3 Å². The fourth-order valence-corrected chi connectivity index (χ4v) is 3.10. The molecule has 7 heteroatoms. The van der Waals surface area contributed by atoms with Crippen LogP contribution >= 0.6 is 0 Å². The maximum Gasteiger partial charge on any atom is 0.333 e. The Morgan fingerprint density at radius 1 is 0.840 bits per heavy atom. The number of fused-ring (bicyclic) bond motifs is 1. The van der Waals surface area contributed by atoms with Crippen LogP contribution in [0, 0.1) is 0 Å². The van der Waals surface area contributed by atoms with Crippen LogP contribution in [0.2, 0.25) is 0 Å². The lowest BCUT2D eigenvalue weighted by Crippen LogP contribution is -2.53. The van der Waals surface area contributed by atoms with E-state index in [9.17, 15) is 19.2 Å². The molecule has 0 N–H and O–H groups in total. The molecule has 1 aromatic rings. The minimum absolute atomic E-state index is 0.0768. The number of unbranched alkanes of at least 4 members (excludes halogenated alkanes) is 1. The molecule has 0 radical (unpaired) electrons. The Morgan fingerprint density at radius 2 is 1.44 bits per heavy atom. The van der Waals surface area contributed by atoms with E-state index in [1.165, 1.54) is 14.1 Å². The van der Waals surface area contributed by atoms with Crippen LogP contribution in [0.4, 0.5) is 10.5 Å². The molecule has 1 aromatic carbocycles. The summed E-state index contributed by atoms with van der Waals surface area (Å²) in [6.07, 6.45) is 1.72. The van der Waals surface area contributed by atoms with E-state index in [-0.39, 0.29) is 17.1 Å². The van der Waals surface area contributed by atoms with E-state index in [4.69, 9.17) is 0 Å². The van der Waals surface area contributed by atoms with Gasteiger partial charge in [-0.1, -0.05) is 31.5 Å². The molecular weight excluding hydrogens is 322 g/mol. The average molecular weight is 341 g/mol. The molecule has 1 fully saturated rings. The highest BCUT2D eigenvalue weighted by Crippen LogP contribution is 2.39. The molecular formula is C18H19N3O4. The van der Waals surface area contributed by atoms with Gasteiger partial charge in [-0.2, -0.15) is 0 Å². The summed E-state index contributed by atoms with van der Waals surface area (Å²) in [5, 5.41) is 0. The molecule has 0 aromatic heterocycles. The van der Waals surface area contributed by atoms with Gasteiger partial charge in [-0.3, -0.25) is 24.2 Å². The number of hydrogen-bond donors (Lipinski definition) is 0. The van der Waals surface area contributed by atoms with Crippen molar-refractivity contribution in [2.24, 2.45) is 0 Å². The Morgan fingerprint density at radius 3 is 2.04 bits per heavy atom. The molecule has 2 heterocycles. The molecule has 25 heavy (non-hydrogen) atoms. The molecule has 3 rings (SSSR count). The van der Waals surface area contributed by atoms with Gasteiger partial charge in [-0.05, 0) is 12.5 Å². The summed E-state index contributed by atoms with van der Waals surface area (Å²) in [6, 6.07) is 6.38. The predicted octanol–water partition coefficient (Wildman–Crippen LogP) is 1.64. The SMILES string of the molecule is CCCCN1C(=O)C(=C2C(=O)N(C)C(=O)N(C)C2=O)c2ccccc21. The lowest BCUT2D eigenvalue weighted by molar-refractivity contribution is -0.134. The Hall–Kier alpha value is -2.96. The molecule has 0 aliphatic carbocycles. The summed E-state index contributed by atoms with van der Waals surface area (Å²) in [5.41, 5.74) is 1.07. The molecule has 1 saturated heterocycles. The highest BCUT2D eigenvalue weighted by molar-refractivity contribution is 6.44. The van der Waals surface area contributed by atoms with Gasteiger partial charge in [0, 0.05) is 26.2 Å². The molecule has 7 nitrogen and oxygen atoms in total. The minimum atomic E-state index is -0.747. The third kappa shape index (κ3) is 2.43. The number of carbonyl (C=O) groups is 4. The number of urea groups is 1. The summed E-state index contributed by atoms with van der Waals surface area (Å²) >= 11 is 0. The summed E-state index contributed by atoms with van der Waals surface area (Å²) in [4.78, 5) is 53.4. The first kappa shape index (κ1) is 16.9. The van der Waals surface area contributed by atoms with E-state index in [2.05, 4.69) is 0 Å². The first-order chi connectivity index (χ1) is 11.9. The molecule has 130 valence electrons. The van der Waals surface area contributed by atoms with Crippen LogP contribution in [0.15, 0.2) is 29.8 Å². The quantitative estimate of drug-likeness (QED) is 0.618. The molecule has 0 spiro atoms. The second-order valence-electron chi connectivity index (χ2n) is 6.09. The molecule has 2 aliphatic rings. The fourth-order valence-electron chi connectivity index (χ4n) is 3.10. The van der Waals surface area contributed by atoms with Crippen molar-refractivity contribution in [1.82, 2.24) is 9.80 Å². The lowest BCUT2D eigenvalue weighted by Gasteiger charge is -2.29. The smallest absolute Gasteiger partial charge is 0.308 e. The molecule has 2 aliphatic heterocycles. The minimum Gasteiger partial charge on any atom is -0.308 e. The molecule has 0 saturated carbocycles. The number of benzene rings is 1. The largest absolute Gasteiger partial charge is 0.333 e. The Labute approximate surface area is 145 Å². The Bertz CT molecular complexity index is 801. The van der Waals surface area contributed by atoms with Gasteiger partial charge in [0.1, 0.15) is 5.57 Å². The number of barbiturate groups is 1. The van der Waals surface area contributed by atoms with Gasteiger partial charge in [0.05, 0.1) is 11.3 Å². The number of anilines is 1. The van der Waals surface area contributed by atoms with Crippen molar-refractivity contribution in [3.63, 3.8) is 0 Å². The number of para-hydroxylation sites is 1. The van der Waals surface area contributed by atoms with Gasteiger partial charge in [0.15, 0.2) is 0 Å². The van der Waals surface area contributed by atoms with Gasteiger partial charge in [0.2, 0.25) is 0 Å². The van der Waals surface area contributed by atoms with E-state index in [1.807, 2.05) is 13.0 Å². The third-order valence-electron chi connectivity index (χ3n) is 4.52. The second-order valence-corrected chi connectivity index (χ2v) is 6.09. The highest BCUT2D eigenvalue weighted by atomic mass is 16.2. The zero-order chi connectivity index (χ0) is 18.3. The highest BCUT2D eigenvalue weighted by Gasteiger charge is 2.45. The number of rotatable bonds is 3. The van der Waals surface area contributed by atoms with Crippen LogP contribution in [0.25, 0.3) is 5.57 Å². The molecule has 5 amide bonds. The normalized spacial score (nSPS) is 17.8. The van der Waals surface area contributed by atoms with Crippen molar-refractivity contribution in [1.29, 1.82) is 0 Å². The number of amides is 5. The number of hydrogen-bond acceptors (Lipinski definition) is 4. The maximum absolute atomic E-state index is 13.0. The van der Waals surface area contributed by atoms with E-state index in [0.717, 1.165) is 22.6 Å². The monoisotopic (exact) mass is 341 g/mol. The van der Waals surface area contributed by atoms with Gasteiger partial charge < -0.3 is 4.90 Å². The zero-order valence-electron chi connectivity index (χ0n) is 14.4. The number of nitrogens with zero attached hydrogens (tertiary/aromatic N) is 3. The van der Waals surface area contributed by atoms with Gasteiger partial charge in [-0.15, -0.1) is 0 Å². The number of likely N-dealkylation sites (N-methyl/N-ethyl adjacent to an activating group) is 2. The van der Waals surface area contributed by atoms with E-state index in [1.54, 1.807) is 23.1 Å². The van der Waals surface area contributed by atoms with Crippen molar-refractivity contribution >= 4 is 35.0 Å². The third-order valence-corrected chi connectivity index (χ3v) is 4.52. The van der Waals surface area contributed by atoms with Gasteiger partial charge in [-0.25, -0.2) is 4.79 Å². The molecule has 0 unspecified atom stereocenters. The summed E-state index contributed by atoms with van der Waals surface area (Å²) in [5.74, 6) is -1.87.